The standard InChI is InChI=1S/2C6H8N.C2HF3O2.CHF3O3S/c2*1-7-5-3-2-4-6-7;3-2(4,5)1(6)7;2-1(3,4)8(5,6)7/h2*2-6H,1H3;(H,6,7);(H,5,6,7)/q2*+1;;/p-2. The van der Waals surface area contributed by atoms with E-state index in [0.717, 1.165) is 0 Å². The molecule has 0 aromatic carbocycles. The van der Waals surface area contributed by atoms with Crippen molar-refractivity contribution in [3.8, 4) is 0 Å². The summed E-state index contributed by atoms with van der Waals surface area (Å²) < 4.78 is 94.5. The fraction of sp³-hybridized carbons (Fsp3) is 0.267. The second-order valence-electron chi connectivity index (χ2n) is 4.77. The number of aliphatic carboxylic acids is 1. The van der Waals surface area contributed by atoms with E-state index in [1.54, 1.807) is 0 Å². The van der Waals surface area contributed by atoms with Crippen molar-refractivity contribution in [3.05, 3.63) is 61.2 Å². The van der Waals surface area contributed by atoms with Gasteiger partial charge in [-0.15, -0.1) is 0 Å². The molecule has 0 aliphatic carbocycles. The molecule has 2 rings (SSSR count). The zero-order chi connectivity index (χ0) is 23.3. The van der Waals surface area contributed by atoms with Crippen LogP contribution in [0.2, 0.25) is 0 Å². The minimum absolute atomic E-state index is 2.00. The maximum absolute atomic E-state index is 10.7. The van der Waals surface area contributed by atoms with Gasteiger partial charge in [0.15, 0.2) is 34.9 Å². The first-order valence-electron chi connectivity index (χ1n) is 7.09. The summed E-state index contributed by atoms with van der Waals surface area (Å²) in [5.41, 5.74) is -5.65. The minimum atomic E-state index is -6.09. The van der Waals surface area contributed by atoms with E-state index in [4.69, 9.17) is 22.9 Å². The molecule has 0 atom stereocenters. The van der Waals surface area contributed by atoms with Crippen molar-refractivity contribution < 1.29 is 58.3 Å². The van der Waals surface area contributed by atoms with Crippen LogP contribution in [0.1, 0.15) is 0 Å². The monoisotopic (exact) mass is 450 g/mol. The average Bonchev–Trinajstić information content (AvgIpc) is 2.55. The molecule has 2 aromatic rings. The highest BCUT2D eigenvalue weighted by Gasteiger charge is 2.36. The van der Waals surface area contributed by atoms with Gasteiger partial charge in [0.1, 0.15) is 20.1 Å². The second-order valence-corrected chi connectivity index (χ2v) is 6.14. The third-order valence-electron chi connectivity index (χ3n) is 2.24. The molecule has 164 valence electrons. The van der Waals surface area contributed by atoms with Gasteiger partial charge >= 0.3 is 11.7 Å². The molecule has 0 saturated carbocycles. The molecule has 29 heavy (non-hydrogen) atoms. The number of carbonyl (C=O) groups is 1. The van der Waals surface area contributed by atoms with E-state index in [-0.39, 0.29) is 0 Å². The average molecular weight is 450 g/mol. The molecular weight excluding hydrogens is 434 g/mol. The van der Waals surface area contributed by atoms with Crippen LogP contribution in [0.15, 0.2) is 61.2 Å². The van der Waals surface area contributed by atoms with Crippen LogP contribution in [0.4, 0.5) is 26.3 Å². The van der Waals surface area contributed by atoms with E-state index in [1.165, 1.54) is 0 Å². The lowest BCUT2D eigenvalue weighted by molar-refractivity contribution is -0.671. The molecule has 0 aliphatic rings. The predicted octanol–water partition coefficient (Wildman–Crippen LogP) is 0.372. The first-order valence-corrected chi connectivity index (χ1v) is 8.50. The SMILES string of the molecule is C[n+]1ccccc1.C[n+]1ccccc1.O=C([O-])C(F)(F)F.O=S(=O)([O-])C(F)(F)F. The molecule has 0 amide bonds. The highest BCUT2D eigenvalue weighted by molar-refractivity contribution is 7.86. The molecule has 14 heteroatoms. The Hall–Kier alpha value is -2.74. The maximum Gasteiger partial charge on any atom is 0.485 e. The van der Waals surface area contributed by atoms with Crippen molar-refractivity contribution in [2.24, 2.45) is 14.1 Å². The number of aryl methyl sites for hydroxylation is 2. The molecule has 7 nitrogen and oxygen atoms in total. The van der Waals surface area contributed by atoms with E-state index in [9.17, 15) is 26.3 Å². The lowest BCUT2D eigenvalue weighted by atomic mass is 10.5. The summed E-state index contributed by atoms with van der Waals surface area (Å²) in [7, 11) is -2.09. The van der Waals surface area contributed by atoms with Crippen LogP contribution in [-0.4, -0.2) is 30.6 Å². The van der Waals surface area contributed by atoms with Gasteiger partial charge in [-0.2, -0.15) is 26.3 Å². The number of aromatic nitrogens is 2. The van der Waals surface area contributed by atoms with Crippen LogP contribution in [0.5, 0.6) is 0 Å². The van der Waals surface area contributed by atoms with Gasteiger partial charge in [0, 0.05) is 24.3 Å². The van der Waals surface area contributed by atoms with Crippen LogP contribution >= 0.6 is 0 Å². The van der Waals surface area contributed by atoms with Crippen LogP contribution in [0.25, 0.3) is 0 Å². The summed E-state index contributed by atoms with van der Waals surface area (Å²) >= 11 is 0. The van der Waals surface area contributed by atoms with Crippen molar-refractivity contribution in [2.75, 3.05) is 0 Å². The molecule has 0 aliphatic heterocycles. The number of carboxylic acid groups (broad SMARTS) is 1. The molecule has 2 heterocycles. The van der Waals surface area contributed by atoms with Gasteiger partial charge in [-0.25, -0.2) is 17.6 Å². The van der Waals surface area contributed by atoms with Gasteiger partial charge in [-0.05, 0) is 0 Å². The van der Waals surface area contributed by atoms with E-state index < -0.39 is 27.8 Å². The van der Waals surface area contributed by atoms with Crippen LogP contribution in [-0.2, 0) is 29.0 Å². The Balaban J connectivity index is 0. The molecule has 2 aromatic heterocycles. The number of nitrogens with zero attached hydrogens (tertiary/aromatic N) is 2. The smallest absolute Gasteiger partial charge is 0.485 e. The third kappa shape index (κ3) is 17.1. The van der Waals surface area contributed by atoms with Crippen molar-refractivity contribution in [3.63, 3.8) is 0 Å². The topological polar surface area (TPSA) is 105 Å². The van der Waals surface area contributed by atoms with Gasteiger partial charge in [0.25, 0.3) is 0 Å². The molecule has 0 N–H and O–H groups in total. The number of alkyl halides is 6. The number of hydrogen-bond donors (Lipinski definition) is 0. The van der Waals surface area contributed by atoms with Crippen molar-refractivity contribution >= 4 is 16.1 Å². The van der Waals surface area contributed by atoms with Gasteiger partial charge in [-0.3, -0.25) is 0 Å². The quantitative estimate of drug-likeness (QED) is 0.250. The number of carbonyl (C=O) groups excluding carboxylic acids is 1. The van der Waals surface area contributed by atoms with Crippen molar-refractivity contribution in [2.45, 2.75) is 11.7 Å². The zero-order valence-electron chi connectivity index (χ0n) is 14.9. The fourth-order valence-corrected chi connectivity index (χ4v) is 0.969. The minimum Gasteiger partial charge on any atom is -0.741 e. The summed E-state index contributed by atoms with van der Waals surface area (Å²) in [6, 6.07) is 12.0. The van der Waals surface area contributed by atoms with Crippen molar-refractivity contribution in [1.82, 2.24) is 0 Å². The van der Waals surface area contributed by atoms with Gasteiger partial charge in [0.05, 0.1) is 0 Å². The first-order chi connectivity index (χ1) is 13.0. The zero-order valence-corrected chi connectivity index (χ0v) is 15.7. The second kappa shape index (κ2) is 12.7. The normalized spacial score (nSPS) is 10.8. The Morgan fingerprint density at radius 1 is 0.759 bits per heavy atom. The van der Waals surface area contributed by atoms with E-state index in [0.29, 0.717) is 0 Å². The summed E-state index contributed by atoms with van der Waals surface area (Å²) in [5.74, 6) is -3.01. The van der Waals surface area contributed by atoms with E-state index in [2.05, 4.69) is 0 Å². The summed E-state index contributed by atoms with van der Waals surface area (Å²) in [5, 5.41) is 8.78. The number of carboxylic acids is 1. The molecule has 0 spiro atoms. The number of rotatable bonds is 0. The number of hydrogen-bond acceptors (Lipinski definition) is 5. The lowest BCUT2D eigenvalue weighted by Gasteiger charge is -2.08. The number of pyridine rings is 2. The Morgan fingerprint density at radius 2 is 0.966 bits per heavy atom. The largest absolute Gasteiger partial charge is 0.741 e. The molecule has 0 bridgehead atoms. The first kappa shape index (κ1) is 28.5. The van der Waals surface area contributed by atoms with Gasteiger partial charge in [0.2, 0.25) is 0 Å². The molecule has 0 saturated heterocycles. The van der Waals surface area contributed by atoms with Crippen molar-refractivity contribution in [1.29, 1.82) is 0 Å². The maximum atomic E-state index is 10.7. The van der Waals surface area contributed by atoms with E-state index in [1.807, 2.05) is 84.4 Å². The highest BCUT2D eigenvalue weighted by atomic mass is 32.2. The lowest BCUT2D eigenvalue weighted by Crippen LogP contribution is -2.37. The Bertz CT molecular complexity index is 775. The van der Waals surface area contributed by atoms with Crippen LogP contribution in [0.3, 0.4) is 0 Å². The molecule has 0 fully saturated rings. The predicted molar refractivity (Wildman–Crippen MR) is 82.1 cm³/mol. The highest BCUT2D eigenvalue weighted by Crippen LogP contribution is 2.20. The van der Waals surface area contributed by atoms with Crippen LogP contribution < -0.4 is 14.2 Å². The Labute approximate surface area is 162 Å². The molecule has 0 unspecified atom stereocenters. The summed E-state index contributed by atoms with van der Waals surface area (Å²) in [6.45, 7) is 0. The van der Waals surface area contributed by atoms with E-state index >= 15 is 0 Å². The Kier molecular flexibility index (Phi) is 12.4. The number of halogens is 6. The van der Waals surface area contributed by atoms with Gasteiger partial charge in [-0.1, -0.05) is 12.1 Å². The summed E-state index contributed by atoms with van der Waals surface area (Å²) in [4.78, 5) is 8.78. The molecule has 0 radical (unpaired) electrons. The van der Waals surface area contributed by atoms with Gasteiger partial charge < -0.3 is 14.5 Å². The summed E-state index contributed by atoms with van der Waals surface area (Å²) in [6.07, 6.45) is 2.81. The Morgan fingerprint density at radius 3 is 1.03 bits per heavy atom. The molecular formula is C15H16F6N2O5S. The third-order valence-corrected chi connectivity index (χ3v) is 2.81. The van der Waals surface area contributed by atoms with Crippen LogP contribution in [0, 0.1) is 0 Å². The fourth-order valence-electron chi connectivity index (χ4n) is 0.969.